The van der Waals surface area contributed by atoms with Crippen molar-refractivity contribution in [1.29, 1.82) is 0 Å². The summed E-state index contributed by atoms with van der Waals surface area (Å²) in [5.74, 6) is 0.780. The predicted molar refractivity (Wildman–Crippen MR) is 84.7 cm³/mol. The van der Waals surface area contributed by atoms with Crippen molar-refractivity contribution in [3.8, 4) is 5.75 Å². The minimum atomic E-state index is -0.0666. The van der Waals surface area contributed by atoms with E-state index >= 15 is 0 Å². The lowest BCUT2D eigenvalue weighted by atomic mass is 9.89. The Balaban J connectivity index is 1.46. The fourth-order valence-electron chi connectivity index (χ4n) is 3.15. The second-order valence-electron chi connectivity index (χ2n) is 6.12. The molecule has 1 aliphatic carbocycles. The molecule has 0 spiro atoms. The van der Waals surface area contributed by atoms with Gasteiger partial charge in [-0.05, 0) is 31.0 Å². The third-order valence-electron chi connectivity index (χ3n) is 4.36. The highest BCUT2D eigenvalue weighted by molar-refractivity contribution is 6.30. The second-order valence-corrected chi connectivity index (χ2v) is 6.56. The van der Waals surface area contributed by atoms with Crippen molar-refractivity contribution < 1.29 is 14.4 Å². The van der Waals surface area contributed by atoms with Crippen LogP contribution < -0.4 is 4.74 Å². The van der Waals surface area contributed by atoms with Crippen molar-refractivity contribution in [3.05, 3.63) is 29.3 Å². The van der Waals surface area contributed by atoms with Crippen molar-refractivity contribution in [2.75, 3.05) is 13.1 Å². The number of ether oxygens (including phenoxy) is 1. The molecule has 2 aliphatic rings. The zero-order valence-corrected chi connectivity index (χ0v) is 13.4. The zero-order chi connectivity index (χ0) is 15.4. The second kappa shape index (κ2) is 7.34. The van der Waals surface area contributed by atoms with Crippen molar-refractivity contribution in [1.82, 2.24) is 5.06 Å². The van der Waals surface area contributed by atoms with Gasteiger partial charge in [-0.3, -0.25) is 4.79 Å². The summed E-state index contributed by atoms with van der Waals surface area (Å²) < 4.78 is 5.90. The van der Waals surface area contributed by atoms with Gasteiger partial charge >= 0.3 is 5.97 Å². The van der Waals surface area contributed by atoms with Gasteiger partial charge in [-0.15, -0.1) is 5.06 Å². The van der Waals surface area contributed by atoms with E-state index in [9.17, 15) is 4.79 Å². The van der Waals surface area contributed by atoms with Gasteiger partial charge in [-0.25, -0.2) is 0 Å². The van der Waals surface area contributed by atoms with Crippen molar-refractivity contribution >= 4 is 17.6 Å². The molecule has 0 N–H and O–H groups in total. The number of halogens is 1. The van der Waals surface area contributed by atoms with Crippen LogP contribution in [0.2, 0.25) is 5.02 Å². The molecule has 120 valence electrons. The molecule has 3 rings (SSSR count). The first-order chi connectivity index (χ1) is 10.7. The number of benzene rings is 1. The molecule has 0 radical (unpaired) electrons. The Bertz CT molecular complexity index is 516. The molecule has 0 bridgehead atoms. The van der Waals surface area contributed by atoms with Crippen LogP contribution in [0.5, 0.6) is 5.75 Å². The first-order valence-electron chi connectivity index (χ1n) is 8.10. The summed E-state index contributed by atoms with van der Waals surface area (Å²) in [6, 6.07) is 7.38. The minimum Gasteiger partial charge on any atom is -0.489 e. The number of carbonyl (C=O) groups is 1. The third kappa shape index (κ3) is 4.14. The van der Waals surface area contributed by atoms with Gasteiger partial charge in [0.1, 0.15) is 11.9 Å². The van der Waals surface area contributed by atoms with Gasteiger partial charge in [0.05, 0.1) is 12.5 Å². The summed E-state index contributed by atoms with van der Waals surface area (Å²) in [4.78, 5) is 17.7. The smallest absolute Gasteiger partial charge is 0.328 e. The van der Waals surface area contributed by atoms with Crippen LogP contribution in [-0.4, -0.2) is 30.2 Å². The van der Waals surface area contributed by atoms with Crippen LogP contribution >= 0.6 is 11.6 Å². The maximum Gasteiger partial charge on any atom is 0.328 e. The normalized spacial score (nSPS) is 23.4. The molecule has 4 nitrogen and oxygen atoms in total. The Morgan fingerprint density at radius 2 is 2.00 bits per heavy atom. The Morgan fingerprint density at radius 3 is 2.77 bits per heavy atom. The monoisotopic (exact) mass is 323 g/mol. The highest BCUT2D eigenvalue weighted by Gasteiger charge is 2.30. The van der Waals surface area contributed by atoms with E-state index in [0.29, 0.717) is 11.6 Å². The van der Waals surface area contributed by atoms with E-state index in [-0.39, 0.29) is 18.0 Å². The molecule has 1 aliphatic heterocycles. The topological polar surface area (TPSA) is 38.8 Å². The first-order valence-corrected chi connectivity index (χ1v) is 8.47. The van der Waals surface area contributed by atoms with Crippen molar-refractivity contribution in [2.24, 2.45) is 5.92 Å². The van der Waals surface area contributed by atoms with Gasteiger partial charge in [0, 0.05) is 18.0 Å². The fourth-order valence-corrected chi connectivity index (χ4v) is 3.33. The number of hydrogen-bond acceptors (Lipinski definition) is 4. The number of hydroxylamine groups is 2. The van der Waals surface area contributed by atoms with Crippen LogP contribution in [0.1, 0.15) is 38.5 Å². The Hall–Kier alpha value is -1.26. The molecule has 1 aromatic rings. The van der Waals surface area contributed by atoms with Gasteiger partial charge in [-0.1, -0.05) is 36.9 Å². The molecule has 1 heterocycles. The fraction of sp³-hybridized carbons (Fsp3) is 0.588. The number of rotatable bonds is 4. The predicted octanol–water partition coefficient (Wildman–Crippen LogP) is 3.83. The maximum atomic E-state index is 12.1. The summed E-state index contributed by atoms with van der Waals surface area (Å²) in [6.45, 7) is 1.34. The molecule has 0 aromatic heterocycles. The van der Waals surface area contributed by atoms with E-state index in [2.05, 4.69) is 0 Å². The Labute approximate surface area is 136 Å². The number of nitrogens with zero attached hydrogens (tertiary/aromatic N) is 1. The van der Waals surface area contributed by atoms with Crippen molar-refractivity contribution in [3.63, 3.8) is 0 Å². The zero-order valence-electron chi connectivity index (χ0n) is 12.7. The molecule has 1 saturated heterocycles. The van der Waals surface area contributed by atoms with Crippen molar-refractivity contribution in [2.45, 2.75) is 44.6 Å². The molecule has 22 heavy (non-hydrogen) atoms. The molecule has 1 aromatic carbocycles. The lowest BCUT2D eigenvalue weighted by Crippen LogP contribution is -2.31. The van der Waals surface area contributed by atoms with E-state index in [0.717, 1.165) is 44.4 Å². The Kier molecular flexibility index (Phi) is 5.21. The molecule has 5 heteroatoms. The molecule has 1 atom stereocenters. The summed E-state index contributed by atoms with van der Waals surface area (Å²) in [7, 11) is 0. The van der Waals surface area contributed by atoms with Gasteiger partial charge in [0.25, 0.3) is 0 Å². The van der Waals surface area contributed by atoms with E-state index in [4.69, 9.17) is 21.2 Å². The highest BCUT2D eigenvalue weighted by atomic mass is 35.5. The average Bonchev–Trinajstić information content (AvgIpc) is 2.95. The van der Waals surface area contributed by atoms with Crippen LogP contribution in [0.3, 0.4) is 0 Å². The summed E-state index contributed by atoms with van der Waals surface area (Å²) in [6.07, 6.45) is 6.34. The first kappa shape index (κ1) is 15.6. The summed E-state index contributed by atoms with van der Waals surface area (Å²) in [5.41, 5.74) is 0. The molecule has 1 saturated carbocycles. The van der Waals surface area contributed by atoms with Crippen LogP contribution in [0.4, 0.5) is 0 Å². The quantitative estimate of drug-likeness (QED) is 0.844. The van der Waals surface area contributed by atoms with Gasteiger partial charge in [-0.2, -0.15) is 0 Å². The molecule has 0 unspecified atom stereocenters. The molecule has 0 amide bonds. The molecule has 2 fully saturated rings. The van der Waals surface area contributed by atoms with Gasteiger partial charge in [0.2, 0.25) is 0 Å². The van der Waals surface area contributed by atoms with Gasteiger partial charge < -0.3 is 9.57 Å². The highest BCUT2D eigenvalue weighted by Crippen LogP contribution is 2.26. The van der Waals surface area contributed by atoms with E-state index in [1.165, 1.54) is 6.42 Å². The standard InChI is InChI=1S/C17H22ClNO3/c18-14-7-4-8-15(11-14)21-16-9-10-19(12-16)22-17(20)13-5-2-1-3-6-13/h4,7-8,11,13,16H,1-3,5-6,9-10,12H2/t16-/m1/s1. The summed E-state index contributed by atoms with van der Waals surface area (Å²) >= 11 is 5.95. The number of hydrogen-bond donors (Lipinski definition) is 0. The van der Waals surface area contributed by atoms with Crippen LogP contribution in [0, 0.1) is 5.92 Å². The maximum absolute atomic E-state index is 12.1. The minimum absolute atomic E-state index is 0.0395. The summed E-state index contributed by atoms with van der Waals surface area (Å²) in [5, 5.41) is 2.41. The molecular weight excluding hydrogens is 302 g/mol. The van der Waals surface area contributed by atoms with Gasteiger partial charge in [0.15, 0.2) is 0 Å². The van der Waals surface area contributed by atoms with Crippen LogP contribution in [0.25, 0.3) is 0 Å². The van der Waals surface area contributed by atoms with E-state index in [1.807, 2.05) is 18.2 Å². The molecular formula is C17H22ClNO3. The largest absolute Gasteiger partial charge is 0.489 e. The van der Waals surface area contributed by atoms with E-state index < -0.39 is 0 Å². The van der Waals surface area contributed by atoms with Crippen LogP contribution in [-0.2, 0) is 9.63 Å². The lowest BCUT2D eigenvalue weighted by Gasteiger charge is -2.23. The third-order valence-corrected chi connectivity index (χ3v) is 4.60. The van der Waals surface area contributed by atoms with Crippen LogP contribution in [0.15, 0.2) is 24.3 Å². The lowest BCUT2D eigenvalue weighted by molar-refractivity contribution is -0.192. The van der Waals surface area contributed by atoms with E-state index in [1.54, 1.807) is 11.1 Å². The number of carbonyl (C=O) groups excluding carboxylic acids is 1. The Morgan fingerprint density at radius 1 is 1.18 bits per heavy atom. The average molecular weight is 324 g/mol. The SMILES string of the molecule is O=C(ON1CC[C@@H](Oc2cccc(Cl)c2)C1)C1CCCCC1.